The van der Waals surface area contributed by atoms with E-state index < -0.39 is 11.7 Å². The van der Waals surface area contributed by atoms with E-state index in [1.54, 1.807) is 0 Å². The Balaban J connectivity index is 1.44. The molecule has 1 saturated carbocycles. The van der Waals surface area contributed by atoms with Gasteiger partial charge in [0, 0.05) is 24.3 Å². The second-order valence-electron chi connectivity index (χ2n) is 7.86. The minimum Gasteiger partial charge on any atom is -0.326 e. The van der Waals surface area contributed by atoms with E-state index in [0.29, 0.717) is 30.2 Å². The van der Waals surface area contributed by atoms with Crippen LogP contribution in [0.1, 0.15) is 38.2 Å². The number of anilines is 1. The van der Waals surface area contributed by atoms with Crippen molar-refractivity contribution >= 4 is 11.6 Å². The van der Waals surface area contributed by atoms with Gasteiger partial charge in [0.25, 0.3) is 0 Å². The van der Waals surface area contributed by atoms with Gasteiger partial charge in [0.05, 0.1) is 17.6 Å². The van der Waals surface area contributed by atoms with Gasteiger partial charge in [-0.25, -0.2) is 5.01 Å². The molecule has 1 amide bonds. The van der Waals surface area contributed by atoms with Crippen LogP contribution in [0.15, 0.2) is 24.3 Å². The van der Waals surface area contributed by atoms with Gasteiger partial charge in [-0.2, -0.15) is 13.2 Å². The molecule has 2 saturated heterocycles. The Bertz CT molecular complexity index is 693. The van der Waals surface area contributed by atoms with Crippen LogP contribution in [0, 0.1) is 11.8 Å². The molecule has 5 nitrogen and oxygen atoms in total. The van der Waals surface area contributed by atoms with Gasteiger partial charge in [0.1, 0.15) is 0 Å². The third-order valence-corrected chi connectivity index (χ3v) is 6.21. The number of nitrogens with zero attached hydrogens (tertiary/aromatic N) is 1. The van der Waals surface area contributed by atoms with Crippen LogP contribution in [0.3, 0.4) is 0 Å². The van der Waals surface area contributed by atoms with Gasteiger partial charge in [-0.15, -0.1) is 0 Å². The Labute approximate surface area is 156 Å². The lowest BCUT2D eigenvalue weighted by molar-refractivity contribution is -0.137. The molecule has 0 radical (unpaired) electrons. The lowest BCUT2D eigenvalue weighted by Gasteiger charge is -2.49. The Hall–Kier alpha value is -1.64. The molecule has 0 bridgehead atoms. The number of alkyl halides is 3. The number of hydrazine groups is 1. The van der Waals surface area contributed by atoms with Crippen molar-refractivity contribution in [3.63, 3.8) is 0 Å². The third kappa shape index (κ3) is 3.58. The lowest BCUT2D eigenvalue weighted by Crippen LogP contribution is -2.66. The molecule has 1 aliphatic carbocycles. The van der Waals surface area contributed by atoms with Gasteiger partial charge in [-0.3, -0.25) is 15.5 Å². The number of carbonyl (C=O) groups excluding carboxylic acids is 1. The zero-order valence-electron chi connectivity index (χ0n) is 15.2. The predicted octanol–water partition coefficient (Wildman–Crippen LogP) is 2.96. The highest BCUT2D eigenvalue weighted by molar-refractivity contribution is 5.93. The number of amides is 1. The molecule has 1 aromatic rings. The largest absolute Gasteiger partial charge is 0.416 e. The highest BCUT2D eigenvalue weighted by Crippen LogP contribution is 2.37. The first kappa shape index (κ1) is 18.7. The van der Waals surface area contributed by atoms with E-state index >= 15 is 0 Å². The van der Waals surface area contributed by atoms with Crippen LogP contribution in [-0.2, 0) is 11.0 Å². The van der Waals surface area contributed by atoms with Crippen molar-refractivity contribution < 1.29 is 18.0 Å². The molecule has 5 unspecified atom stereocenters. The van der Waals surface area contributed by atoms with Crippen LogP contribution in [-0.4, -0.2) is 35.7 Å². The van der Waals surface area contributed by atoms with E-state index in [9.17, 15) is 18.0 Å². The van der Waals surface area contributed by atoms with Crippen molar-refractivity contribution in [3.8, 4) is 0 Å². The Kier molecular flexibility index (Phi) is 4.90. The van der Waals surface area contributed by atoms with E-state index in [1.807, 2.05) is 0 Å². The molecule has 8 heteroatoms. The highest BCUT2D eigenvalue weighted by Gasteiger charge is 2.49. The smallest absolute Gasteiger partial charge is 0.326 e. The van der Waals surface area contributed by atoms with Crippen molar-refractivity contribution in [2.45, 2.75) is 57.0 Å². The predicted molar refractivity (Wildman–Crippen MR) is 95.5 cm³/mol. The lowest BCUT2D eigenvalue weighted by atomic mass is 9.77. The van der Waals surface area contributed by atoms with Gasteiger partial charge in [0.2, 0.25) is 5.91 Å². The molecule has 5 atom stereocenters. The topological polar surface area (TPSA) is 56.4 Å². The van der Waals surface area contributed by atoms with Gasteiger partial charge in [-0.1, -0.05) is 12.8 Å². The van der Waals surface area contributed by atoms with Crippen molar-refractivity contribution in [3.05, 3.63) is 29.8 Å². The summed E-state index contributed by atoms with van der Waals surface area (Å²) in [5, 5.41) is 8.56. The van der Waals surface area contributed by atoms with E-state index in [2.05, 4.69) is 28.0 Å². The molecule has 0 aromatic heterocycles. The number of hydrogen-bond donors (Lipinski definition) is 3. The van der Waals surface area contributed by atoms with E-state index in [-0.39, 0.29) is 18.0 Å². The summed E-state index contributed by atoms with van der Waals surface area (Å²) >= 11 is 0. The molecule has 4 rings (SSSR count). The normalized spacial score (nSPS) is 34.0. The number of rotatable bonds is 2. The van der Waals surface area contributed by atoms with Gasteiger partial charge >= 0.3 is 6.18 Å². The maximum Gasteiger partial charge on any atom is 0.416 e. The van der Waals surface area contributed by atoms with Crippen LogP contribution in [0.25, 0.3) is 0 Å². The van der Waals surface area contributed by atoms with Crippen LogP contribution < -0.4 is 16.1 Å². The summed E-state index contributed by atoms with van der Waals surface area (Å²) in [5.41, 5.74) is 3.04. The number of benzene rings is 1. The van der Waals surface area contributed by atoms with Crippen LogP contribution >= 0.6 is 0 Å². The van der Waals surface area contributed by atoms with Crippen LogP contribution in [0.5, 0.6) is 0 Å². The molecule has 0 spiro atoms. The quantitative estimate of drug-likeness (QED) is 0.736. The summed E-state index contributed by atoms with van der Waals surface area (Å²) in [6.07, 6.45) is 0.329. The fourth-order valence-electron chi connectivity index (χ4n) is 4.80. The minimum absolute atomic E-state index is 0.0891. The minimum atomic E-state index is -4.38. The summed E-state index contributed by atoms with van der Waals surface area (Å²) < 4.78 is 38.0. The summed E-state index contributed by atoms with van der Waals surface area (Å²) in [4.78, 5) is 12.8. The number of fused-ring (bicyclic) bond motifs is 3. The summed E-state index contributed by atoms with van der Waals surface area (Å²) in [6, 6.07) is 5.36. The van der Waals surface area contributed by atoms with Gasteiger partial charge in [0.15, 0.2) is 0 Å². The molecular weight excluding hydrogens is 357 g/mol. The molecule has 3 aliphatic rings. The number of halogens is 3. The molecule has 3 fully saturated rings. The SMILES string of the molecule is CC1NC2C(C(=O)Nc3ccc(C(F)(F)F)cc3)CNN2C2CCCCC12. The molecule has 3 N–H and O–H groups in total. The van der Waals surface area contributed by atoms with E-state index in [0.717, 1.165) is 18.6 Å². The monoisotopic (exact) mass is 382 g/mol. The van der Waals surface area contributed by atoms with Crippen molar-refractivity contribution in [2.75, 3.05) is 11.9 Å². The summed E-state index contributed by atoms with van der Waals surface area (Å²) in [6.45, 7) is 2.71. The second kappa shape index (κ2) is 7.07. The molecule has 1 aromatic carbocycles. The molecule has 2 aliphatic heterocycles. The number of carbonyl (C=O) groups is 1. The maximum absolute atomic E-state index is 12.8. The van der Waals surface area contributed by atoms with Crippen molar-refractivity contribution in [1.29, 1.82) is 0 Å². The summed E-state index contributed by atoms with van der Waals surface area (Å²) in [5.74, 6) is 0.112. The van der Waals surface area contributed by atoms with Gasteiger partial charge in [-0.05, 0) is 49.9 Å². The fourth-order valence-corrected chi connectivity index (χ4v) is 4.80. The third-order valence-electron chi connectivity index (χ3n) is 6.21. The first-order valence-electron chi connectivity index (χ1n) is 9.60. The summed E-state index contributed by atoms with van der Waals surface area (Å²) in [7, 11) is 0. The molecule has 2 heterocycles. The molecular formula is C19H25F3N4O. The zero-order valence-corrected chi connectivity index (χ0v) is 15.2. The van der Waals surface area contributed by atoms with Crippen LogP contribution in [0.4, 0.5) is 18.9 Å². The Morgan fingerprint density at radius 3 is 2.59 bits per heavy atom. The van der Waals surface area contributed by atoms with Crippen molar-refractivity contribution in [2.24, 2.45) is 11.8 Å². The van der Waals surface area contributed by atoms with Gasteiger partial charge < -0.3 is 5.32 Å². The van der Waals surface area contributed by atoms with Crippen molar-refractivity contribution in [1.82, 2.24) is 15.8 Å². The van der Waals surface area contributed by atoms with E-state index in [4.69, 9.17) is 0 Å². The van der Waals surface area contributed by atoms with Crippen LogP contribution in [0.2, 0.25) is 0 Å². The second-order valence-corrected chi connectivity index (χ2v) is 7.86. The Morgan fingerprint density at radius 2 is 1.89 bits per heavy atom. The highest BCUT2D eigenvalue weighted by atomic mass is 19.4. The standard InChI is InChI=1S/C19H25F3N4O/c1-11-14-4-2-3-5-16(14)26-17(24-11)15(10-23-26)18(27)25-13-8-6-12(7-9-13)19(20,21)22/h6-9,11,14-17,23-24H,2-5,10H2,1H3,(H,25,27). The number of hydrogen-bond acceptors (Lipinski definition) is 4. The average Bonchev–Trinajstić information content (AvgIpc) is 3.06. The molecule has 27 heavy (non-hydrogen) atoms. The zero-order chi connectivity index (χ0) is 19.2. The first-order chi connectivity index (χ1) is 12.8. The maximum atomic E-state index is 12.8. The average molecular weight is 382 g/mol. The molecule has 148 valence electrons. The Morgan fingerprint density at radius 1 is 1.19 bits per heavy atom. The number of nitrogens with one attached hydrogen (secondary N) is 3. The first-order valence-corrected chi connectivity index (χ1v) is 9.60. The fraction of sp³-hybridized carbons (Fsp3) is 0.632. The van der Waals surface area contributed by atoms with E-state index in [1.165, 1.54) is 31.4 Å².